The largest absolute Gasteiger partial charge is 0.504 e. The number of carbonyl (C=O) groups excluding carboxylic acids is 1. The molecular formula is C12H14BrF2NO3. The Morgan fingerprint density at radius 1 is 1.53 bits per heavy atom. The van der Waals surface area contributed by atoms with Crippen molar-refractivity contribution in [3.63, 3.8) is 0 Å². The number of ether oxygens (including phenoxy) is 1. The summed E-state index contributed by atoms with van der Waals surface area (Å²) in [4.78, 5) is 13.1. The number of methoxy groups -OCH3 is 1. The molecule has 0 heterocycles. The molecule has 0 fully saturated rings. The van der Waals surface area contributed by atoms with Gasteiger partial charge in [0.1, 0.15) is 0 Å². The van der Waals surface area contributed by atoms with E-state index in [1.807, 2.05) is 0 Å². The molecule has 7 heteroatoms. The van der Waals surface area contributed by atoms with Crippen molar-refractivity contribution in [3.8, 4) is 11.5 Å². The number of phenols is 1. The molecule has 106 valence electrons. The standard InChI is InChI=1S/C12H14BrF2NO3/c1-19-10-3-2-8(6-9(10)17)12(18)16(5-4-13)7-11(14)15/h2-3,6,11,17H,4-5,7H2,1H3. The lowest BCUT2D eigenvalue weighted by Crippen LogP contribution is -2.36. The lowest BCUT2D eigenvalue weighted by molar-refractivity contribution is 0.0572. The SMILES string of the molecule is COc1ccc(C(=O)N(CCBr)CC(F)F)cc1O. The van der Waals surface area contributed by atoms with Crippen LogP contribution in [-0.2, 0) is 0 Å². The summed E-state index contributed by atoms with van der Waals surface area (Å²) in [6.45, 7) is -0.479. The molecule has 1 aromatic carbocycles. The van der Waals surface area contributed by atoms with Crippen LogP contribution in [0.25, 0.3) is 0 Å². The average Bonchev–Trinajstić information content (AvgIpc) is 2.36. The van der Waals surface area contributed by atoms with Crippen molar-refractivity contribution in [3.05, 3.63) is 23.8 Å². The summed E-state index contributed by atoms with van der Waals surface area (Å²) in [5, 5.41) is 9.98. The summed E-state index contributed by atoms with van der Waals surface area (Å²) in [7, 11) is 1.38. The van der Waals surface area contributed by atoms with Crippen molar-refractivity contribution in [1.29, 1.82) is 0 Å². The van der Waals surface area contributed by atoms with Crippen molar-refractivity contribution in [1.82, 2.24) is 4.90 Å². The predicted octanol–water partition coefficient (Wildman–Crippen LogP) is 2.50. The lowest BCUT2D eigenvalue weighted by atomic mass is 10.1. The van der Waals surface area contributed by atoms with Gasteiger partial charge >= 0.3 is 0 Å². The zero-order chi connectivity index (χ0) is 14.4. The van der Waals surface area contributed by atoms with Gasteiger partial charge in [-0.1, -0.05) is 15.9 Å². The van der Waals surface area contributed by atoms with E-state index in [-0.39, 0.29) is 23.6 Å². The smallest absolute Gasteiger partial charge is 0.255 e. The first-order chi connectivity index (χ1) is 8.99. The Morgan fingerprint density at radius 2 is 2.21 bits per heavy atom. The normalized spacial score (nSPS) is 10.6. The molecule has 0 unspecified atom stereocenters. The Morgan fingerprint density at radius 3 is 2.68 bits per heavy atom. The van der Waals surface area contributed by atoms with Crippen LogP contribution in [0, 0.1) is 0 Å². The summed E-state index contributed by atoms with van der Waals surface area (Å²) >= 11 is 3.11. The van der Waals surface area contributed by atoms with E-state index >= 15 is 0 Å². The topological polar surface area (TPSA) is 49.8 Å². The van der Waals surface area contributed by atoms with Gasteiger partial charge in [0, 0.05) is 17.4 Å². The zero-order valence-electron chi connectivity index (χ0n) is 10.3. The van der Waals surface area contributed by atoms with E-state index < -0.39 is 18.9 Å². The summed E-state index contributed by atoms with van der Waals surface area (Å²) < 4.78 is 29.7. The quantitative estimate of drug-likeness (QED) is 0.811. The highest BCUT2D eigenvalue weighted by atomic mass is 79.9. The fourth-order valence-electron chi connectivity index (χ4n) is 1.55. The molecule has 0 aliphatic rings. The number of halogens is 3. The fourth-order valence-corrected chi connectivity index (χ4v) is 1.98. The van der Waals surface area contributed by atoms with Gasteiger partial charge in [0.2, 0.25) is 0 Å². The molecule has 1 amide bonds. The lowest BCUT2D eigenvalue weighted by Gasteiger charge is -2.21. The second kappa shape index (κ2) is 7.28. The molecular weight excluding hydrogens is 324 g/mol. The van der Waals surface area contributed by atoms with Crippen LogP contribution in [0.3, 0.4) is 0 Å². The number of hydrogen-bond donors (Lipinski definition) is 1. The maximum Gasteiger partial charge on any atom is 0.255 e. The monoisotopic (exact) mass is 337 g/mol. The zero-order valence-corrected chi connectivity index (χ0v) is 11.9. The van der Waals surface area contributed by atoms with E-state index in [2.05, 4.69) is 15.9 Å². The first-order valence-electron chi connectivity index (χ1n) is 5.50. The van der Waals surface area contributed by atoms with Crippen molar-refractivity contribution < 1.29 is 23.4 Å². The van der Waals surface area contributed by atoms with E-state index in [0.717, 1.165) is 4.90 Å². The van der Waals surface area contributed by atoms with Crippen molar-refractivity contribution >= 4 is 21.8 Å². The van der Waals surface area contributed by atoms with Crippen LogP contribution in [-0.4, -0.2) is 47.9 Å². The van der Waals surface area contributed by atoms with E-state index in [1.165, 1.54) is 25.3 Å². The molecule has 1 rings (SSSR count). The Kier molecular flexibility index (Phi) is 6.01. The summed E-state index contributed by atoms with van der Waals surface area (Å²) in [6, 6.07) is 4.04. The van der Waals surface area contributed by atoms with E-state index in [0.29, 0.717) is 5.33 Å². The minimum atomic E-state index is -2.60. The van der Waals surface area contributed by atoms with Crippen molar-refractivity contribution in [2.75, 3.05) is 25.5 Å². The number of aromatic hydroxyl groups is 1. The minimum Gasteiger partial charge on any atom is -0.504 e. The molecule has 0 aliphatic carbocycles. The molecule has 1 aromatic rings. The highest BCUT2D eigenvalue weighted by Crippen LogP contribution is 2.26. The van der Waals surface area contributed by atoms with Crippen LogP contribution in [0.15, 0.2) is 18.2 Å². The molecule has 0 spiro atoms. The Labute approximate surface area is 118 Å². The number of hydrogen-bond acceptors (Lipinski definition) is 3. The molecule has 19 heavy (non-hydrogen) atoms. The molecule has 0 bridgehead atoms. The van der Waals surface area contributed by atoms with Gasteiger partial charge in [-0.25, -0.2) is 8.78 Å². The van der Waals surface area contributed by atoms with Gasteiger partial charge in [-0.3, -0.25) is 4.79 Å². The Bertz CT molecular complexity index is 443. The van der Waals surface area contributed by atoms with Crippen molar-refractivity contribution in [2.45, 2.75) is 6.43 Å². The number of alkyl halides is 3. The van der Waals surface area contributed by atoms with E-state index in [4.69, 9.17) is 4.74 Å². The van der Waals surface area contributed by atoms with Gasteiger partial charge in [0.05, 0.1) is 13.7 Å². The van der Waals surface area contributed by atoms with Gasteiger partial charge in [-0.15, -0.1) is 0 Å². The third-order valence-corrected chi connectivity index (χ3v) is 2.78. The van der Waals surface area contributed by atoms with Crippen LogP contribution in [0.1, 0.15) is 10.4 Å². The molecule has 0 atom stereocenters. The number of benzene rings is 1. The average molecular weight is 338 g/mol. The number of phenolic OH excluding ortho intramolecular Hbond substituents is 1. The van der Waals surface area contributed by atoms with Gasteiger partial charge < -0.3 is 14.7 Å². The highest BCUT2D eigenvalue weighted by Gasteiger charge is 2.20. The Balaban J connectivity index is 2.92. The molecule has 0 saturated heterocycles. The maximum absolute atomic E-state index is 12.4. The number of rotatable bonds is 6. The van der Waals surface area contributed by atoms with Crippen LogP contribution < -0.4 is 4.74 Å². The third kappa shape index (κ3) is 4.34. The van der Waals surface area contributed by atoms with E-state index in [1.54, 1.807) is 0 Å². The predicted molar refractivity (Wildman–Crippen MR) is 70.4 cm³/mol. The summed E-state index contributed by atoms with van der Waals surface area (Å²) in [6.07, 6.45) is -2.60. The maximum atomic E-state index is 12.4. The highest BCUT2D eigenvalue weighted by molar-refractivity contribution is 9.09. The molecule has 4 nitrogen and oxygen atoms in total. The van der Waals surface area contributed by atoms with Crippen LogP contribution in [0.5, 0.6) is 11.5 Å². The van der Waals surface area contributed by atoms with Gasteiger partial charge in [-0.2, -0.15) is 0 Å². The van der Waals surface area contributed by atoms with Crippen LogP contribution in [0.4, 0.5) is 8.78 Å². The third-order valence-electron chi connectivity index (χ3n) is 2.43. The molecule has 0 radical (unpaired) electrons. The molecule has 0 saturated carbocycles. The number of nitrogens with zero attached hydrogens (tertiary/aromatic N) is 1. The first kappa shape index (κ1) is 15.7. The second-order valence-electron chi connectivity index (χ2n) is 3.72. The van der Waals surface area contributed by atoms with Crippen LogP contribution >= 0.6 is 15.9 Å². The Hall–Kier alpha value is -1.37. The molecule has 1 N–H and O–H groups in total. The summed E-state index contributed by atoms with van der Waals surface area (Å²) in [5.41, 5.74) is 0.139. The first-order valence-corrected chi connectivity index (χ1v) is 6.62. The van der Waals surface area contributed by atoms with Gasteiger partial charge in [0.25, 0.3) is 12.3 Å². The number of carbonyl (C=O) groups is 1. The molecule has 0 aliphatic heterocycles. The van der Waals surface area contributed by atoms with Crippen LogP contribution in [0.2, 0.25) is 0 Å². The number of amides is 1. The van der Waals surface area contributed by atoms with Crippen molar-refractivity contribution in [2.24, 2.45) is 0 Å². The van der Waals surface area contributed by atoms with Gasteiger partial charge in [-0.05, 0) is 18.2 Å². The minimum absolute atomic E-state index is 0.139. The second-order valence-corrected chi connectivity index (χ2v) is 4.51. The fraction of sp³-hybridized carbons (Fsp3) is 0.417. The molecule has 0 aromatic heterocycles. The van der Waals surface area contributed by atoms with Gasteiger partial charge in [0.15, 0.2) is 11.5 Å². The van der Waals surface area contributed by atoms with E-state index in [9.17, 15) is 18.7 Å². The summed E-state index contributed by atoms with van der Waals surface area (Å²) in [5.74, 6) is -0.542.